The topological polar surface area (TPSA) is 150 Å². The second kappa shape index (κ2) is 10.9. The molecular formula is C29H32N4O9. The summed E-state index contributed by atoms with van der Waals surface area (Å²) in [5, 5.41) is 0. The maximum absolute atomic E-state index is 13.1. The number of carbonyl (C=O) groups excluding carboxylic acids is 3. The van der Waals surface area contributed by atoms with E-state index in [1.165, 1.54) is 31.9 Å². The van der Waals surface area contributed by atoms with Crippen LogP contribution in [0.1, 0.15) is 61.6 Å². The normalized spacial score (nSPS) is 23.3. The Kier molecular flexibility index (Phi) is 7.60. The van der Waals surface area contributed by atoms with Gasteiger partial charge in [0, 0.05) is 5.56 Å². The van der Waals surface area contributed by atoms with Gasteiger partial charge in [0.25, 0.3) is 5.56 Å². The van der Waals surface area contributed by atoms with Gasteiger partial charge in [-0.3, -0.25) is 23.5 Å². The Labute approximate surface area is 241 Å². The number of hydrogen-bond donors (Lipinski definition) is 0. The van der Waals surface area contributed by atoms with Gasteiger partial charge in [-0.1, -0.05) is 12.1 Å². The molecule has 222 valence electrons. The molecule has 5 rings (SSSR count). The van der Waals surface area contributed by atoms with Gasteiger partial charge in [-0.05, 0) is 58.9 Å². The Morgan fingerprint density at radius 1 is 1.07 bits per heavy atom. The summed E-state index contributed by atoms with van der Waals surface area (Å²) in [5.74, 6) is -2.28. The molecule has 4 heterocycles. The molecule has 0 saturated carbocycles. The highest BCUT2D eigenvalue weighted by atomic mass is 16.8. The van der Waals surface area contributed by atoms with E-state index in [1.807, 2.05) is 0 Å². The van der Waals surface area contributed by atoms with Gasteiger partial charge < -0.3 is 23.7 Å². The van der Waals surface area contributed by atoms with E-state index in [1.54, 1.807) is 63.5 Å². The van der Waals surface area contributed by atoms with Crippen LogP contribution >= 0.6 is 0 Å². The number of aromatic nitrogens is 4. The summed E-state index contributed by atoms with van der Waals surface area (Å²) in [6.45, 7) is 8.39. The zero-order valence-corrected chi connectivity index (χ0v) is 24.1. The molecule has 2 saturated heterocycles. The van der Waals surface area contributed by atoms with Crippen molar-refractivity contribution >= 4 is 28.9 Å². The SMILES string of the molecule is COC(=O)c1cccc(C(=O)/C=C/[C@H]2O[C@@H](n3cnc4c(=O)n(COC(=O)C(C)(C)C)cnc43)[C@@H]3OC(C)(C)O[C@@H]32)c1. The van der Waals surface area contributed by atoms with Gasteiger partial charge in [-0.2, -0.15) is 0 Å². The smallest absolute Gasteiger partial charge is 0.337 e. The minimum Gasteiger partial charge on any atom is -0.465 e. The molecule has 0 amide bonds. The zero-order chi connectivity index (χ0) is 30.4. The molecule has 0 spiro atoms. The third-order valence-electron chi connectivity index (χ3n) is 6.84. The third kappa shape index (κ3) is 5.62. The first-order valence-electron chi connectivity index (χ1n) is 13.3. The van der Waals surface area contributed by atoms with E-state index in [0.29, 0.717) is 5.56 Å². The van der Waals surface area contributed by atoms with E-state index >= 15 is 0 Å². The number of ether oxygens (including phenoxy) is 5. The fourth-order valence-electron chi connectivity index (χ4n) is 4.75. The highest BCUT2D eigenvalue weighted by Gasteiger charge is 2.55. The summed E-state index contributed by atoms with van der Waals surface area (Å²) in [6, 6.07) is 6.21. The molecule has 0 aliphatic carbocycles. The van der Waals surface area contributed by atoms with Crippen LogP contribution in [0, 0.1) is 5.41 Å². The van der Waals surface area contributed by atoms with E-state index < -0.39 is 53.2 Å². The van der Waals surface area contributed by atoms with E-state index in [-0.39, 0.29) is 29.2 Å². The summed E-state index contributed by atoms with van der Waals surface area (Å²) in [5.41, 5.74) is -0.348. The number of ketones is 1. The number of rotatable bonds is 7. The molecule has 0 N–H and O–H groups in total. The lowest BCUT2D eigenvalue weighted by Crippen LogP contribution is -2.29. The van der Waals surface area contributed by atoms with Gasteiger partial charge in [0.15, 0.2) is 35.7 Å². The van der Waals surface area contributed by atoms with Crippen LogP contribution in [-0.2, 0) is 35.2 Å². The van der Waals surface area contributed by atoms with Crippen LogP contribution in [0.15, 0.2) is 53.9 Å². The molecule has 4 atom stereocenters. The van der Waals surface area contributed by atoms with E-state index in [0.717, 1.165) is 4.57 Å². The first-order valence-corrected chi connectivity index (χ1v) is 13.3. The van der Waals surface area contributed by atoms with Crippen molar-refractivity contribution in [1.29, 1.82) is 0 Å². The third-order valence-corrected chi connectivity index (χ3v) is 6.84. The predicted molar refractivity (Wildman–Crippen MR) is 146 cm³/mol. The number of imidazole rings is 1. The number of hydrogen-bond acceptors (Lipinski definition) is 11. The molecule has 2 aliphatic rings. The molecule has 2 aliphatic heterocycles. The average Bonchev–Trinajstić information content (AvgIpc) is 3.61. The highest BCUT2D eigenvalue weighted by Crippen LogP contribution is 2.44. The summed E-state index contributed by atoms with van der Waals surface area (Å²) >= 11 is 0. The Bertz CT molecular complexity index is 1630. The monoisotopic (exact) mass is 580 g/mol. The lowest BCUT2D eigenvalue weighted by atomic mass is 9.98. The molecule has 1 aromatic carbocycles. The van der Waals surface area contributed by atoms with Crippen molar-refractivity contribution in [2.45, 2.75) is 71.7 Å². The van der Waals surface area contributed by atoms with Crippen molar-refractivity contribution in [3.8, 4) is 0 Å². The second-order valence-corrected chi connectivity index (χ2v) is 11.5. The molecule has 3 aromatic rings. The van der Waals surface area contributed by atoms with Gasteiger partial charge in [0.1, 0.15) is 24.6 Å². The van der Waals surface area contributed by atoms with Gasteiger partial charge in [0.2, 0.25) is 0 Å². The number of fused-ring (bicyclic) bond motifs is 2. The Morgan fingerprint density at radius 2 is 1.79 bits per heavy atom. The molecule has 42 heavy (non-hydrogen) atoms. The highest BCUT2D eigenvalue weighted by molar-refractivity contribution is 6.06. The molecule has 0 radical (unpaired) electrons. The number of benzene rings is 1. The lowest BCUT2D eigenvalue weighted by molar-refractivity contribution is -0.191. The van der Waals surface area contributed by atoms with Crippen LogP contribution < -0.4 is 5.56 Å². The van der Waals surface area contributed by atoms with Gasteiger partial charge in [-0.15, -0.1) is 0 Å². The number of carbonyl (C=O) groups is 3. The largest absolute Gasteiger partial charge is 0.465 e. The Hall–Kier alpha value is -4.20. The Morgan fingerprint density at radius 3 is 2.50 bits per heavy atom. The van der Waals surface area contributed by atoms with Gasteiger partial charge in [-0.25, -0.2) is 14.8 Å². The first kappa shape index (κ1) is 29.3. The predicted octanol–water partition coefficient (Wildman–Crippen LogP) is 2.78. The van der Waals surface area contributed by atoms with Crippen LogP contribution in [-0.4, -0.2) is 68.0 Å². The Balaban J connectivity index is 1.39. The summed E-state index contributed by atoms with van der Waals surface area (Å²) in [7, 11) is 1.27. The molecule has 2 fully saturated rings. The van der Waals surface area contributed by atoms with Crippen LogP contribution in [0.5, 0.6) is 0 Å². The molecule has 2 aromatic heterocycles. The second-order valence-electron chi connectivity index (χ2n) is 11.5. The summed E-state index contributed by atoms with van der Waals surface area (Å²) < 4.78 is 31.3. The fourth-order valence-corrected chi connectivity index (χ4v) is 4.75. The van der Waals surface area contributed by atoms with Crippen molar-refractivity contribution in [3.63, 3.8) is 0 Å². The van der Waals surface area contributed by atoms with Crippen molar-refractivity contribution in [1.82, 2.24) is 19.1 Å². The average molecular weight is 581 g/mol. The van der Waals surface area contributed by atoms with Crippen LogP contribution in [0.25, 0.3) is 11.2 Å². The van der Waals surface area contributed by atoms with Crippen LogP contribution in [0.2, 0.25) is 0 Å². The minimum atomic E-state index is -0.935. The molecule has 13 nitrogen and oxygen atoms in total. The molecule has 13 heteroatoms. The van der Waals surface area contributed by atoms with Crippen molar-refractivity contribution < 1.29 is 38.1 Å². The minimum absolute atomic E-state index is 0.0577. The van der Waals surface area contributed by atoms with Crippen LogP contribution in [0.3, 0.4) is 0 Å². The number of methoxy groups -OCH3 is 1. The number of allylic oxidation sites excluding steroid dienone is 1. The fraction of sp³-hybridized carbons (Fsp3) is 0.448. The molecular weight excluding hydrogens is 548 g/mol. The maximum Gasteiger partial charge on any atom is 0.337 e. The quantitative estimate of drug-likeness (QED) is 0.231. The summed E-state index contributed by atoms with van der Waals surface area (Å²) in [6.07, 6.45) is 2.98. The van der Waals surface area contributed by atoms with Crippen molar-refractivity contribution in [2.24, 2.45) is 5.41 Å². The molecule has 0 bridgehead atoms. The van der Waals surface area contributed by atoms with Gasteiger partial charge in [0.05, 0.1) is 24.4 Å². The van der Waals surface area contributed by atoms with Crippen molar-refractivity contribution in [2.75, 3.05) is 7.11 Å². The van der Waals surface area contributed by atoms with Crippen molar-refractivity contribution in [3.05, 3.63) is 70.6 Å². The van der Waals surface area contributed by atoms with E-state index in [4.69, 9.17) is 23.7 Å². The van der Waals surface area contributed by atoms with Gasteiger partial charge >= 0.3 is 11.9 Å². The van der Waals surface area contributed by atoms with E-state index in [2.05, 4.69) is 9.97 Å². The standard InChI is InChI=1S/C29H32N4O9/c1-28(2,3)27(37)39-15-32-13-31-23-20(24(32)35)30-14-33(23)25-22-21(41-29(4,5)42-22)19(40-25)11-10-18(34)16-8-7-9-17(12-16)26(36)38-6/h7-14,19,21-22,25H,15H2,1-6H3/b11-10+/t19-,21-,22-,25-/m1/s1. The number of esters is 2. The number of nitrogens with zero attached hydrogens (tertiary/aromatic N) is 4. The van der Waals surface area contributed by atoms with E-state index in [9.17, 15) is 19.2 Å². The molecule has 0 unspecified atom stereocenters. The zero-order valence-electron chi connectivity index (χ0n) is 24.1. The van der Waals surface area contributed by atoms with Crippen LogP contribution in [0.4, 0.5) is 0 Å². The first-order chi connectivity index (χ1) is 19.8. The maximum atomic E-state index is 13.1. The summed E-state index contributed by atoms with van der Waals surface area (Å²) in [4.78, 5) is 58.7. The lowest BCUT2D eigenvalue weighted by Gasteiger charge is -2.24.